The lowest BCUT2D eigenvalue weighted by Gasteiger charge is -1.89. The minimum Gasteiger partial charge on any atom is -0.477 e. The number of amides is 1. The van der Waals surface area contributed by atoms with Crippen LogP contribution in [-0.4, -0.2) is 47.9 Å². The topological polar surface area (TPSA) is 264 Å². The summed E-state index contributed by atoms with van der Waals surface area (Å²) < 4.78 is 0. The van der Waals surface area contributed by atoms with Crippen LogP contribution < -0.4 is 22.7 Å². The molecule has 0 saturated carbocycles. The molecule has 0 aliphatic heterocycles. The van der Waals surface area contributed by atoms with Crippen molar-refractivity contribution in [2.24, 2.45) is 5.73 Å². The molecule has 12 N–H and O–H groups in total. The van der Waals surface area contributed by atoms with Crippen LogP contribution in [0.4, 0.5) is 5.82 Å². The minimum atomic E-state index is -1.34. The molecule has 0 aliphatic rings. The first-order chi connectivity index (χ1) is 9.31. The molecule has 0 radical (unpaired) electrons. The molecule has 0 fully saturated rings. The second kappa shape index (κ2) is 8.67. The molecule has 2 aromatic heterocycles. The predicted molar refractivity (Wildman–Crippen MR) is 73.4 cm³/mol. The molecule has 0 aliphatic carbocycles. The fraction of sp³-hybridized carbons (Fsp3) is 0. The fourth-order valence-corrected chi connectivity index (χ4v) is 1.09. The number of carbonyl (C=O) groups excluding carboxylic acids is 1. The maximum absolute atomic E-state index is 10.5. The Morgan fingerprint density at radius 2 is 1.77 bits per heavy atom. The van der Waals surface area contributed by atoms with Gasteiger partial charge in [0, 0.05) is 6.07 Å². The number of carboxylic acid groups (broad SMARTS) is 1. The van der Waals surface area contributed by atoms with Crippen LogP contribution in [0.2, 0.25) is 0 Å². The van der Waals surface area contributed by atoms with Crippen molar-refractivity contribution in [1.82, 2.24) is 19.9 Å². The van der Waals surface area contributed by atoms with E-state index in [1.54, 1.807) is 0 Å². The van der Waals surface area contributed by atoms with Gasteiger partial charge in [-0.05, 0) is 0 Å². The van der Waals surface area contributed by atoms with Crippen molar-refractivity contribution in [2.45, 2.75) is 0 Å². The quantitative estimate of drug-likeness (QED) is 0.321. The highest BCUT2D eigenvalue weighted by Crippen LogP contribution is 2.00. The van der Waals surface area contributed by atoms with Crippen LogP contribution in [0.25, 0.3) is 0 Å². The van der Waals surface area contributed by atoms with Gasteiger partial charge in [-0.1, -0.05) is 0 Å². The number of H-pyrrole nitrogens is 3. The first kappa shape index (κ1) is 20.9. The Kier molecular flexibility index (Phi) is 8.22. The number of imidazole rings is 1. The Morgan fingerprint density at radius 1 is 1.18 bits per heavy atom. The molecule has 2 aromatic rings. The molecule has 2 rings (SSSR count). The number of hydrogen-bond acceptors (Lipinski definition) is 6. The van der Waals surface area contributed by atoms with E-state index < -0.39 is 28.8 Å². The molecule has 22 heavy (non-hydrogen) atoms. The van der Waals surface area contributed by atoms with Crippen molar-refractivity contribution in [3.05, 3.63) is 44.6 Å². The molecule has 0 bridgehead atoms. The Hall–Kier alpha value is -3.45. The predicted octanol–water partition coefficient (Wildman–Crippen LogP) is -3.80. The Labute approximate surface area is 120 Å². The molecule has 2 heterocycles. The van der Waals surface area contributed by atoms with Gasteiger partial charge in [0.2, 0.25) is 0 Å². The van der Waals surface area contributed by atoms with Crippen LogP contribution in [0, 0.1) is 0 Å². The summed E-state index contributed by atoms with van der Waals surface area (Å²) in [5, 5.41) is 8.31. The second-order valence-corrected chi connectivity index (χ2v) is 3.33. The fourth-order valence-electron chi connectivity index (χ4n) is 1.09. The number of aromatic amines is 3. The normalized spacial score (nSPS) is 8.55. The maximum atomic E-state index is 10.5. The smallest absolute Gasteiger partial charge is 0.352 e. The van der Waals surface area contributed by atoms with Crippen LogP contribution in [0.3, 0.4) is 0 Å². The maximum Gasteiger partial charge on any atom is 0.352 e. The zero-order chi connectivity index (χ0) is 15.3. The number of aromatic nitrogens is 4. The molecule has 0 aromatic carbocycles. The van der Waals surface area contributed by atoms with Crippen molar-refractivity contribution in [3.63, 3.8) is 0 Å². The lowest BCUT2D eigenvalue weighted by molar-refractivity contribution is 0.0689. The van der Waals surface area contributed by atoms with Crippen LogP contribution in [0.5, 0.6) is 0 Å². The van der Waals surface area contributed by atoms with Gasteiger partial charge in [0.25, 0.3) is 11.5 Å². The standard InChI is InChI=1S/C5H4N2O4.C4H6N4O.2H2O/c8-3-1-2(4(9)10)6-5(11)7-3;5-3-2(4(6)9)7-1-8-3;;/h1H,(H,9,10)(H2,6,7,8,11);1H,5H2,(H2,6,9)(H,7,8);2*1H2. The van der Waals surface area contributed by atoms with Gasteiger partial charge >= 0.3 is 11.7 Å². The third-order valence-electron chi connectivity index (χ3n) is 1.91. The number of nitrogens with zero attached hydrogens (tertiary/aromatic N) is 1. The number of nitrogens with two attached hydrogens (primary N) is 2. The van der Waals surface area contributed by atoms with Crippen molar-refractivity contribution < 1.29 is 25.6 Å². The number of aromatic carboxylic acids is 1. The van der Waals surface area contributed by atoms with E-state index in [1.165, 1.54) is 6.33 Å². The molecule has 13 heteroatoms. The lowest BCUT2D eigenvalue weighted by atomic mass is 10.4. The van der Waals surface area contributed by atoms with Crippen LogP contribution in [0.1, 0.15) is 21.0 Å². The van der Waals surface area contributed by atoms with Gasteiger partial charge in [-0.2, -0.15) is 0 Å². The highest BCUT2D eigenvalue weighted by Gasteiger charge is 2.05. The summed E-state index contributed by atoms with van der Waals surface area (Å²) in [5.41, 5.74) is 8.26. The van der Waals surface area contributed by atoms with Gasteiger partial charge in [0.05, 0.1) is 6.33 Å². The van der Waals surface area contributed by atoms with Crippen LogP contribution >= 0.6 is 0 Å². The van der Waals surface area contributed by atoms with E-state index in [9.17, 15) is 19.2 Å². The molecule has 0 atom stereocenters. The Bertz CT molecular complexity index is 717. The number of hydrogen-bond donors (Lipinski definition) is 6. The zero-order valence-electron chi connectivity index (χ0n) is 10.8. The summed E-state index contributed by atoms with van der Waals surface area (Å²) in [4.78, 5) is 51.3. The molecular weight excluding hydrogens is 304 g/mol. The van der Waals surface area contributed by atoms with E-state index in [0.29, 0.717) is 0 Å². The number of anilines is 1. The number of carboxylic acids is 1. The number of rotatable bonds is 2. The van der Waals surface area contributed by atoms with Gasteiger partial charge in [-0.25, -0.2) is 14.6 Å². The average Bonchev–Trinajstić information content (AvgIpc) is 2.75. The largest absolute Gasteiger partial charge is 0.477 e. The molecule has 0 unspecified atom stereocenters. The first-order valence-corrected chi connectivity index (χ1v) is 4.97. The van der Waals surface area contributed by atoms with Gasteiger partial charge < -0.3 is 37.5 Å². The SMILES string of the molecule is NC(=O)c1[nH]cnc1N.O.O.O=C(O)c1cc(=O)[nH]c(=O)[nH]1. The van der Waals surface area contributed by atoms with E-state index >= 15 is 0 Å². The van der Waals surface area contributed by atoms with E-state index in [1.807, 2.05) is 9.97 Å². The van der Waals surface area contributed by atoms with Gasteiger partial charge in [-0.3, -0.25) is 14.6 Å². The Balaban J connectivity index is 0. The molecule has 0 spiro atoms. The summed E-state index contributed by atoms with van der Waals surface area (Å²) in [6.07, 6.45) is 1.31. The van der Waals surface area contributed by atoms with Gasteiger partial charge in [-0.15, -0.1) is 0 Å². The summed E-state index contributed by atoms with van der Waals surface area (Å²) in [6.45, 7) is 0. The number of carbonyl (C=O) groups is 2. The monoisotopic (exact) mass is 318 g/mol. The number of nitrogens with one attached hydrogen (secondary N) is 3. The summed E-state index contributed by atoms with van der Waals surface area (Å²) >= 11 is 0. The summed E-state index contributed by atoms with van der Waals surface area (Å²) in [5.74, 6) is -1.79. The summed E-state index contributed by atoms with van der Waals surface area (Å²) in [6, 6.07) is 0.795. The van der Waals surface area contributed by atoms with Crippen LogP contribution in [-0.2, 0) is 0 Å². The summed E-state index contributed by atoms with van der Waals surface area (Å²) in [7, 11) is 0. The first-order valence-electron chi connectivity index (χ1n) is 4.97. The Morgan fingerprint density at radius 3 is 2.09 bits per heavy atom. The van der Waals surface area contributed by atoms with Gasteiger partial charge in [0.1, 0.15) is 11.4 Å². The number of primary amides is 1. The lowest BCUT2D eigenvalue weighted by Crippen LogP contribution is -2.24. The van der Waals surface area contributed by atoms with Crippen molar-refractivity contribution in [1.29, 1.82) is 0 Å². The molecule has 13 nitrogen and oxygen atoms in total. The second-order valence-electron chi connectivity index (χ2n) is 3.33. The molecule has 0 saturated heterocycles. The molecular formula is C9H14N6O7. The average molecular weight is 318 g/mol. The molecule has 1 amide bonds. The van der Waals surface area contributed by atoms with E-state index in [0.717, 1.165) is 6.07 Å². The third kappa shape index (κ3) is 5.68. The van der Waals surface area contributed by atoms with E-state index in [4.69, 9.17) is 16.6 Å². The van der Waals surface area contributed by atoms with Crippen molar-refractivity contribution in [3.8, 4) is 0 Å². The highest BCUT2D eigenvalue weighted by molar-refractivity contribution is 5.94. The van der Waals surface area contributed by atoms with E-state index in [2.05, 4.69) is 9.97 Å². The van der Waals surface area contributed by atoms with Crippen molar-refractivity contribution >= 4 is 17.7 Å². The van der Waals surface area contributed by atoms with Crippen LogP contribution in [0.15, 0.2) is 22.0 Å². The highest BCUT2D eigenvalue weighted by atomic mass is 16.4. The minimum absolute atomic E-state index is 0. The zero-order valence-corrected chi connectivity index (χ0v) is 10.8. The third-order valence-corrected chi connectivity index (χ3v) is 1.91. The number of nitrogen functional groups attached to an aromatic ring is 1. The van der Waals surface area contributed by atoms with Crippen molar-refractivity contribution in [2.75, 3.05) is 5.73 Å². The van der Waals surface area contributed by atoms with Gasteiger partial charge in [0.15, 0.2) is 5.82 Å². The molecule has 122 valence electrons. The van der Waals surface area contributed by atoms with E-state index in [-0.39, 0.29) is 22.5 Å².